The van der Waals surface area contributed by atoms with Crippen LogP contribution in [-0.4, -0.2) is 35.1 Å². The predicted octanol–water partition coefficient (Wildman–Crippen LogP) is 2.18. The Labute approximate surface area is 143 Å². The van der Waals surface area contributed by atoms with Gasteiger partial charge in [-0.15, -0.1) is 11.3 Å². The number of nitrogens with one attached hydrogen (secondary N) is 2. The van der Waals surface area contributed by atoms with Crippen molar-refractivity contribution in [2.45, 2.75) is 39.0 Å². The molecule has 2 aromatic heterocycles. The first-order chi connectivity index (χ1) is 11.7. The zero-order valence-electron chi connectivity index (χ0n) is 13.6. The number of aryl methyl sites for hydroxylation is 2. The summed E-state index contributed by atoms with van der Waals surface area (Å²) in [6.45, 7) is 1.97. The smallest absolute Gasteiger partial charge is 0.321 e. The monoisotopic (exact) mass is 348 g/mol. The molecule has 2 N–H and O–H groups in total. The molecular weight excluding hydrogens is 328 g/mol. The molecule has 128 valence electrons. The van der Waals surface area contributed by atoms with E-state index in [1.807, 2.05) is 0 Å². The van der Waals surface area contributed by atoms with Gasteiger partial charge >= 0.3 is 6.03 Å². The number of carbonyl (C=O) groups excluding carboxylic acids is 2. The fraction of sp³-hybridized carbons (Fsp3) is 0.500. The molecule has 0 bridgehead atoms. The Kier molecular flexibility index (Phi) is 5.24. The molecule has 0 unspecified atom stereocenters. The van der Waals surface area contributed by atoms with Crippen molar-refractivity contribution in [3.63, 3.8) is 0 Å². The molecule has 3 rings (SSSR count). The van der Waals surface area contributed by atoms with Crippen molar-refractivity contribution in [2.24, 2.45) is 0 Å². The van der Waals surface area contributed by atoms with Crippen molar-refractivity contribution in [1.82, 2.24) is 20.6 Å². The molecule has 0 atom stereocenters. The summed E-state index contributed by atoms with van der Waals surface area (Å²) in [5.41, 5.74) is 1.26. The highest BCUT2D eigenvalue weighted by Crippen LogP contribution is 2.38. The standard InChI is InChI=1S/C16H20N4O3S/c1-2-17-16(22)20-12(21)8-23-14-13-10-6-4-3-5-7-11(10)24-15(13)19-9-18-14/h9H,2-8H2,1H3,(H2,17,20,21,22). The molecule has 0 saturated carbocycles. The molecule has 0 radical (unpaired) electrons. The van der Waals surface area contributed by atoms with Crippen LogP contribution in [0.4, 0.5) is 4.79 Å². The van der Waals surface area contributed by atoms with E-state index < -0.39 is 11.9 Å². The number of thiophene rings is 1. The average molecular weight is 348 g/mol. The van der Waals surface area contributed by atoms with Gasteiger partial charge in [-0.3, -0.25) is 10.1 Å². The van der Waals surface area contributed by atoms with Gasteiger partial charge in [0, 0.05) is 11.4 Å². The van der Waals surface area contributed by atoms with E-state index in [0.29, 0.717) is 12.4 Å². The first kappa shape index (κ1) is 16.6. The molecule has 7 nitrogen and oxygen atoms in total. The molecule has 0 spiro atoms. The number of imide groups is 1. The lowest BCUT2D eigenvalue weighted by Crippen LogP contribution is -2.41. The second kappa shape index (κ2) is 7.57. The summed E-state index contributed by atoms with van der Waals surface area (Å²) in [6.07, 6.45) is 7.07. The fourth-order valence-electron chi connectivity index (χ4n) is 2.85. The van der Waals surface area contributed by atoms with Crippen molar-refractivity contribution >= 4 is 33.5 Å². The number of fused-ring (bicyclic) bond motifs is 3. The van der Waals surface area contributed by atoms with Gasteiger partial charge in [-0.25, -0.2) is 14.8 Å². The molecule has 0 aliphatic heterocycles. The number of hydrogen-bond acceptors (Lipinski definition) is 6. The highest BCUT2D eigenvalue weighted by molar-refractivity contribution is 7.18. The van der Waals surface area contributed by atoms with Gasteiger partial charge in [0.15, 0.2) is 6.61 Å². The highest BCUT2D eigenvalue weighted by atomic mass is 32.1. The van der Waals surface area contributed by atoms with Crippen LogP contribution in [0.15, 0.2) is 6.33 Å². The Morgan fingerprint density at radius 3 is 2.92 bits per heavy atom. The van der Waals surface area contributed by atoms with Gasteiger partial charge in [0.1, 0.15) is 11.2 Å². The van der Waals surface area contributed by atoms with E-state index in [0.717, 1.165) is 29.5 Å². The molecule has 2 heterocycles. The zero-order chi connectivity index (χ0) is 16.9. The van der Waals surface area contributed by atoms with Crippen molar-refractivity contribution < 1.29 is 14.3 Å². The van der Waals surface area contributed by atoms with Gasteiger partial charge in [-0.05, 0) is 38.2 Å². The topological polar surface area (TPSA) is 93.2 Å². The maximum Gasteiger partial charge on any atom is 0.321 e. The van der Waals surface area contributed by atoms with Gasteiger partial charge in [-0.2, -0.15) is 0 Å². The maximum atomic E-state index is 11.8. The predicted molar refractivity (Wildman–Crippen MR) is 91.4 cm³/mol. The number of ether oxygens (including phenoxy) is 1. The van der Waals surface area contributed by atoms with Crippen LogP contribution in [0, 0.1) is 0 Å². The van der Waals surface area contributed by atoms with Crippen molar-refractivity contribution in [3.05, 3.63) is 16.8 Å². The highest BCUT2D eigenvalue weighted by Gasteiger charge is 2.20. The number of carbonyl (C=O) groups is 2. The molecule has 1 aliphatic rings. The van der Waals surface area contributed by atoms with Crippen LogP contribution < -0.4 is 15.4 Å². The van der Waals surface area contributed by atoms with Gasteiger partial charge in [0.05, 0.1) is 5.39 Å². The number of rotatable bonds is 4. The Morgan fingerprint density at radius 2 is 2.08 bits per heavy atom. The quantitative estimate of drug-likeness (QED) is 0.826. The molecule has 1 aliphatic carbocycles. The van der Waals surface area contributed by atoms with E-state index in [2.05, 4.69) is 20.6 Å². The normalized spacial score (nSPS) is 13.9. The Balaban J connectivity index is 1.76. The molecule has 0 saturated heterocycles. The minimum absolute atomic E-state index is 0.256. The minimum atomic E-state index is -0.525. The molecule has 0 aromatic carbocycles. The van der Waals surface area contributed by atoms with E-state index in [1.165, 1.54) is 29.6 Å². The molecular formula is C16H20N4O3S. The second-order valence-electron chi connectivity index (χ2n) is 5.62. The summed E-state index contributed by atoms with van der Waals surface area (Å²) in [5.74, 6) is -0.0838. The van der Waals surface area contributed by atoms with Crippen LogP contribution in [-0.2, 0) is 17.6 Å². The maximum absolute atomic E-state index is 11.8. The summed E-state index contributed by atoms with van der Waals surface area (Å²) >= 11 is 1.68. The van der Waals surface area contributed by atoms with Gasteiger partial charge in [0.25, 0.3) is 5.91 Å². The van der Waals surface area contributed by atoms with Crippen LogP contribution in [0.25, 0.3) is 10.2 Å². The van der Waals surface area contributed by atoms with Crippen LogP contribution in [0.3, 0.4) is 0 Å². The summed E-state index contributed by atoms with van der Waals surface area (Å²) < 4.78 is 5.59. The summed E-state index contributed by atoms with van der Waals surface area (Å²) in [7, 11) is 0. The van der Waals surface area contributed by atoms with E-state index >= 15 is 0 Å². The molecule has 3 amide bonds. The third kappa shape index (κ3) is 3.64. The largest absolute Gasteiger partial charge is 0.467 e. The lowest BCUT2D eigenvalue weighted by atomic mass is 10.1. The number of nitrogens with zero attached hydrogens (tertiary/aromatic N) is 2. The van der Waals surface area contributed by atoms with Crippen LogP contribution in [0.1, 0.15) is 36.6 Å². The average Bonchev–Trinajstić information content (AvgIpc) is 2.75. The van der Waals surface area contributed by atoms with Crippen LogP contribution >= 0.6 is 11.3 Å². The minimum Gasteiger partial charge on any atom is -0.467 e. The van der Waals surface area contributed by atoms with Gasteiger partial charge in [0.2, 0.25) is 5.88 Å². The van der Waals surface area contributed by atoms with Crippen molar-refractivity contribution in [1.29, 1.82) is 0 Å². The summed E-state index contributed by atoms with van der Waals surface area (Å²) in [6, 6.07) is -0.525. The summed E-state index contributed by atoms with van der Waals surface area (Å²) in [5, 5.41) is 5.63. The first-order valence-electron chi connectivity index (χ1n) is 8.14. The Bertz CT molecular complexity index is 759. The zero-order valence-corrected chi connectivity index (χ0v) is 14.4. The third-order valence-electron chi connectivity index (χ3n) is 3.90. The fourth-order valence-corrected chi connectivity index (χ4v) is 4.07. The number of amides is 3. The Morgan fingerprint density at radius 1 is 1.25 bits per heavy atom. The molecule has 2 aromatic rings. The van der Waals surface area contributed by atoms with Gasteiger partial charge in [-0.1, -0.05) is 6.42 Å². The number of hydrogen-bond donors (Lipinski definition) is 2. The number of aromatic nitrogens is 2. The van der Waals surface area contributed by atoms with Crippen LogP contribution in [0.2, 0.25) is 0 Å². The SMILES string of the molecule is CCNC(=O)NC(=O)COc1ncnc2sc3c(c12)CCCCC3. The van der Waals surface area contributed by atoms with Crippen molar-refractivity contribution in [2.75, 3.05) is 13.2 Å². The Hall–Kier alpha value is -2.22. The first-order valence-corrected chi connectivity index (χ1v) is 8.96. The van der Waals surface area contributed by atoms with E-state index in [1.54, 1.807) is 18.3 Å². The van der Waals surface area contributed by atoms with E-state index in [9.17, 15) is 9.59 Å². The van der Waals surface area contributed by atoms with Crippen LogP contribution in [0.5, 0.6) is 5.88 Å². The second-order valence-corrected chi connectivity index (χ2v) is 6.70. The van der Waals surface area contributed by atoms with Crippen molar-refractivity contribution in [3.8, 4) is 5.88 Å². The molecule has 0 fully saturated rings. The number of urea groups is 1. The van der Waals surface area contributed by atoms with Gasteiger partial charge < -0.3 is 10.1 Å². The molecule has 8 heteroatoms. The van der Waals surface area contributed by atoms with E-state index in [-0.39, 0.29) is 6.61 Å². The molecule has 24 heavy (non-hydrogen) atoms. The van der Waals surface area contributed by atoms with E-state index in [4.69, 9.17) is 4.74 Å². The lowest BCUT2D eigenvalue weighted by Gasteiger charge is -2.08. The lowest BCUT2D eigenvalue weighted by molar-refractivity contribution is -0.122. The third-order valence-corrected chi connectivity index (χ3v) is 5.10. The summed E-state index contributed by atoms with van der Waals surface area (Å²) in [4.78, 5) is 33.9.